The van der Waals surface area contributed by atoms with Crippen molar-refractivity contribution >= 4 is 17.8 Å². The number of rotatable bonds is 8. The third-order valence-electron chi connectivity index (χ3n) is 4.49. The molecule has 1 atom stereocenters. The molecule has 7 heteroatoms. The number of esters is 1. The summed E-state index contributed by atoms with van der Waals surface area (Å²) < 4.78 is 10.3. The lowest BCUT2D eigenvalue weighted by Gasteiger charge is -2.15. The lowest BCUT2D eigenvalue weighted by atomic mass is 10.1. The number of hydrogen-bond donors (Lipinski definition) is 2. The Hall–Kier alpha value is -3.35. The number of methoxy groups -OCH3 is 1. The third kappa shape index (κ3) is 6.34. The highest BCUT2D eigenvalue weighted by Gasteiger charge is 2.18. The summed E-state index contributed by atoms with van der Waals surface area (Å²) in [6.07, 6.45) is -0.990. The third-order valence-corrected chi connectivity index (χ3v) is 4.49. The average Bonchev–Trinajstić information content (AvgIpc) is 2.72. The number of ether oxygens (including phenoxy) is 2. The van der Waals surface area contributed by atoms with Gasteiger partial charge in [0.15, 0.2) is 6.10 Å². The van der Waals surface area contributed by atoms with Gasteiger partial charge in [-0.15, -0.1) is 0 Å². The summed E-state index contributed by atoms with van der Waals surface area (Å²) in [5, 5.41) is 5.20. The zero-order valence-corrected chi connectivity index (χ0v) is 17.1. The van der Waals surface area contributed by atoms with Crippen LogP contribution in [0.1, 0.15) is 34.0 Å². The first-order valence-corrected chi connectivity index (χ1v) is 9.26. The van der Waals surface area contributed by atoms with Crippen molar-refractivity contribution in [2.24, 2.45) is 0 Å². The van der Waals surface area contributed by atoms with E-state index in [-0.39, 0.29) is 19.0 Å². The van der Waals surface area contributed by atoms with Gasteiger partial charge in [0.2, 0.25) is 0 Å². The van der Waals surface area contributed by atoms with Crippen LogP contribution in [-0.4, -0.2) is 37.5 Å². The van der Waals surface area contributed by atoms with Crippen LogP contribution >= 0.6 is 0 Å². The molecule has 29 heavy (non-hydrogen) atoms. The van der Waals surface area contributed by atoms with Crippen LogP contribution in [0.4, 0.5) is 0 Å². The van der Waals surface area contributed by atoms with E-state index in [1.54, 1.807) is 25.3 Å². The Morgan fingerprint density at radius 1 is 1.00 bits per heavy atom. The van der Waals surface area contributed by atoms with Crippen molar-refractivity contribution < 1.29 is 23.9 Å². The molecule has 2 N–H and O–H groups in total. The van der Waals surface area contributed by atoms with Crippen LogP contribution < -0.4 is 15.4 Å². The lowest BCUT2D eigenvalue weighted by molar-refractivity contribution is -0.153. The van der Waals surface area contributed by atoms with Gasteiger partial charge in [0, 0.05) is 17.7 Å². The topological polar surface area (TPSA) is 93.7 Å². The molecule has 0 unspecified atom stereocenters. The Kier molecular flexibility index (Phi) is 7.77. The van der Waals surface area contributed by atoms with Crippen molar-refractivity contribution in [3.05, 3.63) is 64.7 Å². The van der Waals surface area contributed by atoms with Gasteiger partial charge in [0.25, 0.3) is 11.8 Å². The van der Waals surface area contributed by atoms with Crippen LogP contribution in [0.2, 0.25) is 0 Å². The molecule has 7 nitrogen and oxygen atoms in total. The zero-order chi connectivity index (χ0) is 21.4. The number of aryl methyl sites for hydroxylation is 2. The summed E-state index contributed by atoms with van der Waals surface area (Å²) in [7, 11) is 1.55. The predicted molar refractivity (Wildman–Crippen MR) is 109 cm³/mol. The van der Waals surface area contributed by atoms with Gasteiger partial charge in [-0.3, -0.25) is 14.4 Å². The molecule has 0 spiro atoms. The van der Waals surface area contributed by atoms with Gasteiger partial charge in [-0.05, 0) is 50.1 Å². The molecule has 0 radical (unpaired) electrons. The van der Waals surface area contributed by atoms with Crippen LogP contribution in [0.5, 0.6) is 5.75 Å². The molecule has 0 saturated heterocycles. The van der Waals surface area contributed by atoms with Crippen LogP contribution in [-0.2, 0) is 20.9 Å². The van der Waals surface area contributed by atoms with Gasteiger partial charge in [-0.1, -0.05) is 24.3 Å². The van der Waals surface area contributed by atoms with Crippen LogP contribution in [0, 0.1) is 13.8 Å². The van der Waals surface area contributed by atoms with Crippen molar-refractivity contribution in [3.8, 4) is 5.75 Å². The number of para-hydroxylation sites is 1. The van der Waals surface area contributed by atoms with Crippen molar-refractivity contribution in [3.63, 3.8) is 0 Å². The highest BCUT2D eigenvalue weighted by molar-refractivity contribution is 5.96. The van der Waals surface area contributed by atoms with E-state index in [1.807, 2.05) is 38.1 Å². The molecule has 0 aliphatic carbocycles. The van der Waals surface area contributed by atoms with Crippen molar-refractivity contribution in [2.75, 3.05) is 13.7 Å². The fourth-order valence-corrected chi connectivity index (χ4v) is 2.60. The van der Waals surface area contributed by atoms with E-state index in [0.29, 0.717) is 11.3 Å². The number of amides is 2. The maximum atomic E-state index is 12.2. The molecule has 0 aromatic heterocycles. The van der Waals surface area contributed by atoms with E-state index in [2.05, 4.69) is 10.6 Å². The fraction of sp³-hybridized carbons (Fsp3) is 0.318. The normalized spacial score (nSPS) is 11.3. The number of carbonyl (C=O) groups is 3. The van der Waals surface area contributed by atoms with Crippen LogP contribution in [0.3, 0.4) is 0 Å². The average molecular weight is 398 g/mol. The number of nitrogens with one attached hydrogen (secondary N) is 2. The molecule has 0 aliphatic rings. The minimum atomic E-state index is -0.990. The summed E-state index contributed by atoms with van der Waals surface area (Å²) in [4.78, 5) is 36.3. The summed E-state index contributed by atoms with van der Waals surface area (Å²) in [5.74, 6) is -0.850. The molecular weight excluding hydrogens is 372 g/mol. The number of hydrogen-bond acceptors (Lipinski definition) is 5. The van der Waals surface area contributed by atoms with Gasteiger partial charge < -0.3 is 20.1 Å². The molecule has 0 bridgehead atoms. The summed E-state index contributed by atoms with van der Waals surface area (Å²) in [5.41, 5.74) is 3.33. The molecular formula is C22H26N2O5. The smallest absolute Gasteiger partial charge is 0.326 e. The van der Waals surface area contributed by atoms with E-state index in [1.165, 1.54) is 6.92 Å². The Morgan fingerprint density at radius 3 is 2.41 bits per heavy atom. The maximum Gasteiger partial charge on any atom is 0.326 e. The van der Waals surface area contributed by atoms with Crippen molar-refractivity contribution in [1.29, 1.82) is 0 Å². The predicted octanol–water partition coefficient (Wildman–Crippen LogP) is 2.29. The number of benzene rings is 2. The van der Waals surface area contributed by atoms with Gasteiger partial charge in [0.1, 0.15) is 12.3 Å². The molecule has 0 heterocycles. The molecule has 2 aromatic carbocycles. The van der Waals surface area contributed by atoms with Crippen molar-refractivity contribution in [2.45, 2.75) is 33.4 Å². The molecule has 2 aromatic rings. The fourth-order valence-electron chi connectivity index (χ4n) is 2.60. The summed E-state index contributed by atoms with van der Waals surface area (Å²) in [6, 6.07) is 12.6. The van der Waals surface area contributed by atoms with Gasteiger partial charge >= 0.3 is 5.97 Å². The van der Waals surface area contributed by atoms with E-state index in [9.17, 15) is 14.4 Å². The van der Waals surface area contributed by atoms with E-state index < -0.39 is 18.0 Å². The molecule has 2 amide bonds. The quantitative estimate of drug-likeness (QED) is 0.666. The van der Waals surface area contributed by atoms with E-state index >= 15 is 0 Å². The monoisotopic (exact) mass is 398 g/mol. The Balaban J connectivity index is 1.79. The minimum Gasteiger partial charge on any atom is -0.496 e. The van der Waals surface area contributed by atoms with Gasteiger partial charge in [0.05, 0.1) is 7.11 Å². The SMILES string of the molecule is COc1ccccc1CNC(=O)[C@@H](C)OC(=O)CNC(=O)c1ccc(C)c(C)c1. The Bertz CT molecular complexity index is 895. The summed E-state index contributed by atoms with van der Waals surface area (Å²) in [6.45, 7) is 5.26. The number of carbonyl (C=O) groups excluding carboxylic acids is 3. The Labute approximate surface area is 170 Å². The van der Waals surface area contributed by atoms with E-state index in [0.717, 1.165) is 16.7 Å². The molecule has 2 rings (SSSR count). The second-order valence-electron chi connectivity index (χ2n) is 6.64. The summed E-state index contributed by atoms with van der Waals surface area (Å²) >= 11 is 0. The first-order valence-electron chi connectivity index (χ1n) is 9.26. The Morgan fingerprint density at radius 2 is 1.72 bits per heavy atom. The first kappa shape index (κ1) is 21.9. The minimum absolute atomic E-state index is 0.244. The van der Waals surface area contributed by atoms with E-state index in [4.69, 9.17) is 9.47 Å². The highest BCUT2D eigenvalue weighted by atomic mass is 16.5. The highest BCUT2D eigenvalue weighted by Crippen LogP contribution is 2.16. The molecule has 0 aliphatic heterocycles. The lowest BCUT2D eigenvalue weighted by Crippen LogP contribution is -2.38. The van der Waals surface area contributed by atoms with Gasteiger partial charge in [-0.25, -0.2) is 0 Å². The first-order chi connectivity index (χ1) is 13.8. The van der Waals surface area contributed by atoms with Crippen LogP contribution in [0.25, 0.3) is 0 Å². The molecule has 0 saturated carbocycles. The van der Waals surface area contributed by atoms with Gasteiger partial charge in [-0.2, -0.15) is 0 Å². The second-order valence-corrected chi connectivity index (χ2v) is 6.64. The molecule has 154 valence electrons. The largest absolute Gasteiger partial charge is 0.496 e. The second kappa shape index (κ2) is 10.3. The molecule has 0 fully saturated rings. The maximum absolute atomic E-state index is 12.2. The van der Waals surface area contributed by atoms with Crippen LogP contribution in [0.15, 0.2) is 42.5 Å². The zero-order valence-electron chi connectivity index (χ0n) is 17.1. The standard InChI is InChI=1S/C22H26N2O5/c1-14-9-10-17(11-15(14)2)22(27)24-13-20(25)29-16(3)21(26)23-12-18-7-5-6-8-19(18)28-4/h5-11,16H,12-13H2,1-4H3,(H,23,26)(H,24,27)/t16-/m1/s1. The van der Waals surface area contributed by atoms with Crippen molar-refractivity contribution in [1.82, 2.24) is 10.6 Å².